The molecule has 13 heteroatoms. The van der Waals surface area contributed by atoms with Crippen molar-refractivity contribution in [3.8, 4) is 17.2 Å². The molecule has 4 aromatic rings. The Morgan fingerprint density at radius 3 is 2.14 bits per heavy atom. The Kier molecular flexibility index (Phi) is 10.6. The summed E-state index contributed by atoms with van der Waals surface area (Å²) in [6, 6.07) is 23.8. The first-order valence-corrected chi connectivity index (χ1v) is 15.7. The molecule has 1 heterocycles. The third kappa shape index (κ3) is 7.91. The number of thioether (sulfide) groups is 1. The smallest absolute Gasteiger partial charge is 0.335 e. The SMILES string of the molecule is COc1cc(OC)c(OC)cc1C=C(NC(=O)c1ccccc1)C(=O)Nc1cccc(SC2CC(=O)N(c3ccc(C(=O)O)cc3)C2=O)c1. The van der Waals surface area contributed by atoms with Gasteiger partial charge in [-0.1, -0.05) is 24.3 Å². The summed E-state index contributed by atoms with van der Waals surface area (Å²) in [6.45, 7) is 0. The van der Waals surface area contributed by atoms with Gasteiger partial charge in [-0.3, -0.25) is 19.2 Å². The van der Waals surface area contributed by atoms with E-state index in [0.29, 0.717) is 39.0 Å². The molecular weight excluding hydrogens is 650 g/mol. The second kappa shape index (κ2) is 15.2. The standard InChI is InChI=1S/C36H31N3O9S/c1-46-28-19-30(48-3)29(47-2)17-23(28)16-27(38-33(41)21-8-5-4-6-9-21)34(42)37-24-10-7-11-26(18-24)49-31-20-32(40)39(35(31)43)25-14-12-22(13-15-25)36(44)45/h4-19,31H,20H2,1-3H3,(H,37,42)(H,38,41)(H,44,45). The van der Waals surface area contributed by atoms with Gasteiger partial charge in [0, 0.05) is 34.2 Å². The molecule has 3 N–H and O–H groups in total. The number of hydrogen-bond acceptors (Lipinski definition) is 9. The summed E-state index contributed by atoms with van der Waals surface area (Å²) < 4.78 is 16.3. The maximum atomic E-state index is 13.7. The molecule has 4 aromatic carbocycles. The lowest BCUT2D eigenvalue weighted by molar-refractivity contribution is -0.121. The Morgan fingerprint density at radius 2 is 1.49 bits per heavy atom. The summed E-state index contributed by atoms with van der Waals surface area (Å²) in [5.41, 5.74) is 1.35. The monoisotopic (exact) mass is 681 g/mol. The van der Waals surface area contributed by atoms with Gasteiger partial charge in [0.15, 0.2) is 11.5 Å². The molecule has 5 rings (SSSR count). The summed E-state index contributed by atoms with van der Waals surface area (Å²) in [5.74, 6) is -1.99. The predicted molar refractivity (Wildman–Crippen MR) is 183 cm³/mol. The summed E-state index contributed by atoms with van der Waals surface area (Å²) in [6.07, 6.45) is 1.39. The molecule has 0 aliphatic carbocycles. The Bertz CT molecular complexity index is 1950. The molecule has 0 saturated carbocycles. The molecule has 49 heavy (non-hydrogen) atoms. The van der Waals surface area contributed by atoms with E-state index in [1.165, 1.54) is 51.7 Å². The molecule has 1 fully saturated rings. The molecule has 250 valence electrons. The van der Waals surface area contributed by atoms with Crippen LogP contribution in [-0.4, -0.2) is 61.3 Å². The summed E-state index contributed by atoms with van der Waals surface area (Å²) >= 11 is 1.16. The van der Waals surface area contributed by atoms with E-state index < -0.39 is 34.8 Å². The number of nitrogens with zero attached hydrogens (tertiary/aromatic N) is 1. The first-order valence-electron chi connectivity index (χ1n) is 14.8. The van der Waals surface area contributed by atoms with Gasteiger partial charge in [0.25, 0.3) is 11.8 Å². The van der Waals surface area contributed by atoms with Crippen LogP contribution in [0.2, 0.25) is 0 Å². The number of carboxylic acid groups (broad SMARTS) is 1. The maximum Gasteiger partial charge on any atom is 0.335 e. The molecule has 0 bridgehead atoms. The molecule has 0 spiro atoms. The fourth-order valence-electron chi connectivity index (χ4n) is 4.99. The van der Waals surface area contributed by atoms with Crippen molar-refractivity contribution in [2.75, 3.05) is 31.5 Å². The van der Waals surface area contributed by atoms with E-state index in [1.807, 2.05) is 0 Å². The zero-order chi connectivity index (χ0) is 35.1. The Hall–Kier alpha value is -6.08. The lowest BCUT2D eigenvalue weighted by Crippen LogP contribution is -2.31. The lowest BCUT2D eigenvalue weighted by Gasteiger charge is -2.16. The largest absolute Gasteiger partial charge is 0.496 e. The second-order valence-corrected chi connectivity index (χ2v) is 11.8. The Labute approximate surface area is 285 Å². The van der Waals surface area contributed by atoms with Crippen LogP contribution in [0, 0.1) is 0 Å². The van der Waals surface area contributed by atoms with Gasteiger partial charge in [-0.05, 0) is 66.7 Å². The van der Waals surface area contributed by atoms with Crippen LogP contribution in [0.15, 0.2) is 102 Å². The minimum atomic E-state index is -1.12. The number of carboxylic acids is 1. The van der Waals surface area contributed by atoms with Crippen molar-refractivity contribution in [1.82, 2.24) is 5.32 Å². The molecule has 1 aliphatic heterocycles. The van der Waals surface area contributed by atoms with Crippen molar-refractivity contribution in [2.24, 2.45) is 0 Å². The van der Waals surface area contributed by atoms with Gasteiger partial charge in [-0.2, -0.15) is 0 Å². The fraction of sp³-hybridized carbons (Fsp3) is 0.139. The number of methoxy groups -OCH3 is 3. The number of anilines is 2. The van der Waals surface area contributed by atoms with Gasteiger partial charge >= 0.3 is 5.97 Å². The fourth-order valence-corrected chi connectivity index (χ4v) is 6.11. The van der Waals surface area contributed by atoms with E-state index in [-0.39, 0.29) is 23.4 Å². The highest BCUT2D eigenvalue weighted by atomic mass is 32.2. The van der Waals surface area contributed by atoms with Crippen LogP contribution >= 0.6 is 11.8 Å². The van der Waals surface area contributed by atoms with Crippen LogP contribution < -0.4 is 29.7 Å². The molecule has 1 saturated heterocycles. The summed E-state index contributed by atoms with van der Waals surface area (Å²) in [7, 11) is 4.41. The number of aromatic carboxylic acids is 1. The van der Waals surface area contributed by atoms with Crippen LogP contribution in [-0.2, 0) is 14.4 Å². The zero-order valence-electron chi connectivity index (χ0n) is 26.6. The molecule has 1 aliphatic rings. The maximum absolute atomic E-state index is 13.7. The average Bonchev–Trinajstić information content (AvgIpc) is 3.39. The second-order valence-electron chi connectivity index (χ2n) is 10.5. The molecule has 0 aromatic heterocycles. The average molecular weight is 682 g/mol. The number of ether oxygens (including phenoxy) is 3. The minimum absolute atomic E-state index is 0.0353. The van der Waals surface area contributed by atoms with E-state index in [9.17, 15) is 24.0 Å². The lowest BCUT2D eigenvalue weighted by atomic mass is 10.1. The summed E-state index contributed by atoms with van der Waals surface area (Å²) in [5, 5.41) is 13.9. The third-order valence-corrected chi connectivity index (χ3v) is 8.59. The Balaban J connectivity index is 1.38. The number of carbonyl (C=O) groups is 5. The van der Waals surface area contributed by atoms with Crippen LogP contribution in [0.25, 0.3) is 6.08 Å². The first kappa shape index (κ1) is 34.3. The number of benzene rings is 4. The molecule has 12 nitrogen and oxygen atoms in total. The van der Waals surface area contributed by atoms with E-state index in [4.69, 9.17) is 19.3 Å². The van der Waals surface area contributed by atoms with Crippen molar-refractivity contribution < 1.29 is 43.3 Å². The Morgan fingerprint density at radius 1 is 0.816 bits per heavy atom. The third-order valence-electron chi connectivity index (χ3n) is 7.41. The van der Waals surface area contributed by atoms with Gasteiger partial charge in [0.05, 0.1) is 37.8 Å². The number of hydrogen-bond donors (Lipinski definition) is 3. The highest BCUT2D eigenvalue weighted by Crippen LogP contribution is 2.37. The highest BCUT2D eigenvalue weighted by molar-refractivity contribution is 8.00. The van der Waals surface area contributed by atoms with E-state index in [0.717, 1.165) is 16.7 Å². The number of carbonyl (C=O) groups excluding carboxylic acids is 4. The van der Waals surface area contributed by atoms with Crippen molar-refractivity contribution in [3.63, 3.8) is 0 Å². The van der Waals surface area contributed by atoms with Crippen LogP contribution in [0.1, 0.15) is 32.7 Å². The van der Waals surface area contributed by atoms with Gasteiger partial charge in [-0.25, -0.2) is 9.69 Å². The normalized spacial score (nSPS) is 14.3. The van der Waals surface area contributed by atoms with Gasteiger partial charge in [-0.15, -0.1) is 11.8 Å². The zero-order valence-corrected chi connectivity index (χ0v) is 27.4. The van der Waals surface area contributed by atoms with Crippen molar-refractivity contribution in [2.45, 2.75) is 16.6 Å². The molecule has 1 unspecified atom stereocenters. The highest BCUT2D eigenvalue weighted by Gasteiger charge is 2.40. The molecular formula is C36H31N3O9S. The van der Waals surface area contributed by atoms with E-state index >= 15 is 0 Å². The number of nitrogens with one attached hydrogen (secondary N) is 2. The number of amides is 4. The minimum Gasteiger partial charge on any atom is -0.496 e. The molecule has 1 atom stereocenters. The van der Waals surface area contributed by atoms with Crippen LogP contribution in [0.3, 0.4) is 0 Å². The van der Waals surface area contributed by atoms with Gasteiger partial charge in [0.2, 0.25) is 11.8 Å². The van der Waals surface area contributed by atoms with Crippen molar-refractivity contribution >= 4 is 58.8 Å². The van der Waals surface area contributed by atoms with Crippen molar-refractivity contribution in [1.29, 1.82) is 0 Å². The summed E-state index contributed by atoms with van der Waals surface area (Å²) in [4.78, 5) is 65.8. The van der Waals surface area contributed by atoms with Gasteiger partial charge < -0.3 is 30.0 Å². The van der Waals surface area contributed by atoms with E-state index in [2.05, 4.69) is 10.6 Å². The van der Waals surface area contributed by atoms with Crippen LogP contribution in [0.4, 0.5) is 11.4 Å². The number of imide groups is 1. The van der Waals surface area contributed by atoms with E-state index in [1.54, 1.807) is 66.7 Å². The predicted octanol–water partition coefficient (Wildman–Crippen LogP) is 5.24. The van der Waals surface area contributed by atoms with Crippen LogP contribution in [0.5, 0.6) is 17.2 Å². The first-order chi connectivity index (χ1) is 23.6. The quantitative estimate of drug-likeness (QED) is 0.133. The molecule has 4 amide bonds. The molecule has 0 radical (unpaired) electrons. The van der Waals surface area contributed by atoms with Gasteiger partial charge in [0.1, 0.15) is 11.4 Å². The topological polar surface area (TPSA) is 161 Å². The van der Waals surface area contributed by atoms with Crippen molar-refractivity contribution in [3.05, 3.63) is 113 Å². The number of rotatable bonds is 12.